The molecule has 1 aromatic rings. The summed E-state index contributed by atoms with van der Waals surface area (Å²) >= 11 is 3.08. The van der Waals surface area contributed by atoms with E-state index in [-0.39, 0.29) is 28.0 Å². The first-order valence-corrected chi connectivity index (χ1v) is 7.02. The van der Waals surface area contributed by atoms with E-state index in [0.717, 1.165) is 0 Å². The molecule has 1 aliphatic heterocycles. The van der Waals surface area contributed by atoms with Gasteiger partial charge in [-0.15, -0.1) is 0 Å². The molecular formula is C7H8BrN3O4S. The summed E-state index contributed by atoms with van der Waals surface area (Å²) < 4.78 is 23.9. The monoisotopic (exact) mass is 309 g/mol. The van der Waals surface area contributed by atoms with Crippen LogP contribution in [0.4, 0.5) is 5.82 Å². The predicted octanol–water partition coefficient (Wildman–Crippen LogP) is 0.832. The van der Waals surface area contributed by atoms with E-state index in [2.05, 4.69) is 20.9 Å². The van der Waals surface area contributed by atoms with Gasteiger partial charge in [0.2, 0.25) is 5.82 Å². The molecule has 0 amide bonds. The van der Waals surface area contributed by atoms with Crippen molar-refractivity contribution in [3.63, 3.8) is 0 Å². The molecule has 0 saturated carbocycles. The molecule has 88 valence electrons. The lowest BCUT2D eigenvalue weighted by atomic mass is 10.3. The van der Waals surface area contributed by atoms with Gasteiger partial charge in [-0.3, -0.25) is 4.57 Å². The Morgan fingerprint density at radius 2 is 2.12 bits per heavy atom. The van der Waals surface area contributed by atoms with Gasteiger partial charge >= 0.3 is 5.82 Å². The molecule has 2 rings (SSSR count). The van der Waals surface area contributed by atoms with E-state index < -0.39 is 14.8 Å². The number of imidazole rings is 1. The van der Waals surface area contributed by atoms with Crippen LogP contribution in [0, 0.1) is 17.0 Å². The number of sulfone groups is 1. The number of halogens is 1. The van der Waals surface area contributed by atoms with Crippen LogP contribution >= 0.6 is 15.9 Å². The normalized spacial score (nSPS) is 19.4. The number of nitro groups is 1. The van der Waals surface area contributed by atoms with Crippen molar-refractivity contribution in [1.82, 2.24) is 9.55 Å². The number of hydrogen-bond donors (Lipinski definition) is 0. The number of rotatable bonds is 2. The third-order valence-corrected chi connectivity index (χ3v) is 4.97. The minimum atomic E-state index is -2.96. The van der Waals surface area contributed by atoms with Gasteiger partial charge in [0.25, 0.3) is 0 Å². The minimum Gasteiger partial charge on any atom is -0.358 e. The molecule has 1 fully saturated rings. The van der Waals surface area contributed by atoms with E-state index in [1.54, 1.807) is 11.5 Å². The molecule has 0 spiro atoms. The Kier molecular flexibility index (Phi) is 2.54. The summed E-state index contributed by atoms with van der Waals surface area (Å²) in [5, 5.41) is 10.6. The van der Waals surface area contributed by atoms with E-state index in [4.69, 9.17) is 0 Å². The fraction of sp³-hybridized carbons (Fsp3) is 0.571. The molecule has 0 aromatic carbocycles. The highest BCUT2D eigenvalue weighted by Crippen LogP contribution is 2.33. The molecule has 1 aliphatic rings. The molecule has 0 N–H and O–H groups in total. The third kappa shape index (κ3) is 1.73. The van der Waals surface area contributed by atoms with E-state index in [1.165, 1.54) is 0 Å². The smallest absolute Gasteiger partial charge is 0.358 e. The van der Waals surface area contributed by atoms with Gasteiger partial charge in [-0.05, 0) is 25.8 Å². The van der Waals surface area contributed by atoms with Crippen molar-refractivity contribution >= 4 is 31.6 Å². The second kappa shape index (κ2) is 3.52. The van der Waals surface area contributed by atoms with Gasteiger partial charge in [0, 0.05) is 6.92 Å². The Morgan fingerprint density at radius 1 is 1.56 bits per heavy atom. The van der Waals surface area contributed by atoms with Crippen LogP contribution in [0.3, 0.4) is 0 Å². The average molecular weight is 310 g/mol. The Hall–Kier alpha value is -0.960. The van der Waals surface area contributed by atoms with Gasteiger partial charge in [-0.2, -0.15) is 0 Å². The second-order valence-corrected chi connectivity index (χ2v) is 6.54. The SMILES string of the molecule is Cc1nc([N+](=O)[O-])c(Br)n1C1CS(=O)(=O)C1. The van der Waals surface area contributed by atoms with Crippen molar-refractivity contribution in [2.75, 3.05) is 11.5 Å². The van der Waals surface area contributed by atoms with E-state index in [0.29, 0.717) is 5.82 Å². The van der Waals surface area contributed by atoms with Crippen LogP contribution in [-0.2, 0) is 9.84 Å². The third-order valence-electron chi connectivity index (χ3n) is 2.44. The van der Waals surface area contributed by atoms with Crippen LogP contribution in [0.25, 0.3) is 0 Å². The molecule has 0 unspecified atom stereocenters. The molecule has 2 heterocycles. The van der Waals surface area contributed by atoms with Crippen LogP contribution in [0.2, 0.25) is 0 Å². The van der Waals surface area contributed by atoms with Gasteiger partial charge in [0.15, 0.2) is 14.4 Å². The molecule has 0 atom stereocenters. The topological polar surface area (TPSA) is 95.1 Å². The van der Waals surface area contributed by atoms with Crippen LogP contribution in [-0.4, -0.2) is 34.4 Å². The Balaban J connectivity index is 2.40. The first-order valence-electron chi connectivity index (χ1n) is 4.41. The van der Waals surface area contributed by atoms with Crippen molar-refractivity contribution in [2.45, 2.75) is 13.0 Å². The molecule has 16 heavy (non-hydrogen) atoms. The fourth-order valence-corrected chi connectivity index (χ4v) is 3.88. The summed E-state index contributed by atoms with van der Waals surface area (Å²) in [7, 11) is -2.96. The highest BCUT2D eigenvalue weighted by Gasteiger charge is 2.39. The highest BCUT2D eigenvalue weighted by atomic mass is 79.9. The zero-order valence-electron chi connectivity index (χ0n) is 8.25. The highest BCUT2D eigenvalue weighted by molar-refractivity contribution is 9.10. The molecule has 0 aliphatic carbocycles. The number of aryl methyl sites for hydroxylation is 1. The van der Waals surface area contributed by atoms with E-state index in [9.17, 15) is 18.5 Å². The molecule has 0 radical (unpaired) electrons. The lowest BCUT2D eigenvalue weighted by molar-refractivity contribution is -0.390. The molecule has 1 aromatic heterocycles. The number of nitrogens with zero attached hydrogens (tertiary/aromatic N) is 3. The molecular weight excluding hydrogens is 302 g/mol. The van der Waals surface area contributed by atoms with E-state index in [1.807, 2.05) is 0 Å². The molecule has 1 saturated heterocycles. The van der Waals surface area contributed by atoms with Crippen molar-refractivity contribution in [2.24, 2.45) is 0 Å². The van der Waals surface area contributed by atoms with Crippen molar-refractivity contribution < 1.29 is 13.3 Å². The zero-order chi connectivity index (χ0) is 12.1. The molecule has 9 heteroatoms. The van der Waals surface area contributed by atoms with Gasteiger partial charge in [-0.1, -0.05) is 0 Å². The van der Waals surface area contributed by atoms with Crippen molar-refractivity contribution in [3.05, 3.63) is 20.5 Å². The Morgan fingerprint density at radius 3 is 2.50 bits per heavy atom. The summed E-state index contributed by atoms with van der Waals surface area (Å²) in [6.45, 7) is 1.61. The number of aromatic nitrogens is 2. The van der Waals surface area contributed by atoms with E-state index >= 15 is 0 Å². The van der Waals surface area contributed by atoms with Gasteiger partial charge in [-0.25, -0.2) is 8.42 Å². The van der Waals surface area contributed by atoms with Gasteiger partial charge in [0.1, 0.15) is 0 Å². The van der Waals surface area contributed by atoms with Crippen molar-refractivity contribution in [3.8, 4) is 0 Å². The average Bonchev–Trinajstić information content (AvgIpc) is 2.38. The fourth-order valence-electron chi connectivity index (χ4n) is 1.73. The molecule has 0 bridgehead atoms. The second-order valence-electron chi connectivity index (χ2n) is 3.63. The summed E-state index contributed by atoms with van der Waals surface area (Å²) in [4.78, 5) is 13.8. The Labute approximate surface area is 99.7 Å². The lowest BCUT2D eigenvalue weighted by Gasteiger charge is -2.27. The summed E-state index contributed by atoms with van der Waals surface area (Å²) in [6.07, 6.45) is 0. The summed E-state index contributed by atoms with van der Waals surface area (Å²) in [5.74, 6) is 0.195. The Bertz CT molecular complexity index is 552. The first kappa shape index (κ1) is 11.5. The molecule has 7 nitrogen and oxygen atoms in total. The standard InChI is InChI=1S/C7H8BrN3O4S/c1-4-9-7(11(12)13)6(8)10(4)5-2-16(14,15)3-5/h5H,2-3H2,1H3. The maximum absolute atomic E-state index is 11.1. The van der Waals surface area contributed by atoms with Crippen molar-refractivity contribution in [1.29, 1.82) is 0 Å². The van der Waals surface area contributed by atoms with Crippen LogP contribution in [0.1, 0.15) is 11.9 Å². The largest absolute Gasteiger partial charge is 0.396 e. The lowest BCUT2D eigenvalue weighted by Crippen LogP contribution is -2.38. The predicted molar refractivity (Wildman–Crippen MR) is 59.0 cm³/mol. The van der Waals surface area contributed by atoms with Crippen LogP contribution < -0.4 is 0 Å². The maximum Gasteiger partial charge on any atom is 0.396 e. The summed E-state index contributed by atoms with van der Waals surface area (Å²) in [6, 6.07) is -0.249. The van der Waals surface area contributed by atoms with Gasteiger partial charge < -0.3 is 10.1 Å². The van der Waals surface area contributed by atoms with Gasteiger partial charge in [0.05, 0.1) is 17.5 Å². The zero-order valence-corrected chi connectivity index (χ0v) is 10.7. The number of hydrogen-bond acceptors (Lipinski definition) is 5. The van der Waals surface area contributed by atoms with Crippen LogP contribution in [0.5, 0.6) is 0 Å². The first-order chi connectivity index (χ1) is 7.32. The summed E-state index contributed by atoms with van der Waals surface area (Å²) in [5.41, 5.74) is 0. The van der Waals surface area contributed by atoms with Crippen LogP contribution in [0.15, 0.2) is 4.60 Å². The quantitative estimate of drug-likeness (QED) is 0.595. The minimum absolute atomic E-state index is 0.0138. The maximum atomic E-state index is 11.1.